The molecule has 0 amide bonds. The zero-order valence-corrected chi connectivity index (χ0v) is 12.0. The number of ether oxygens (including phenoxy) is 1. The number of nitrogens with two attached hydrogens (primary N) is 1. The summed E-state index contributed by atoms with van der Waals surface area (Å²) < 4.78 is 19.9. The molecule has 0 atom stereocenters. The van der Waals surface area contributed by atoms with E-state index in [9.17, 15) is 4.39 Å². The van der Waals surface area contributed by atoms with Crippen molar-refractivity contribution in [3.63, 3.8) is 0 Å². The third-order valence-corrected chi connectivity index (χ3v) is 3.39. The van der Waals surface area contributed by atoms with Crippen molar-refractivity contribution in [2.75, 3.05) is 6.54 Å². The molecule has 0 saturated carbocycles. The lowest BCUT2D eigenvalue weighted by molar-refractivity contribution is 0.298. The predicted molar refractivity (Wildman–Crippen MR) is 77.6 cm³/mol. The van der Waals surface area contributed by atoms with Gasteiger partial charge in [-0.15, -0.1) is 0 Å². The van der Waals surface area contributed by atoms with E-state index < -0.39 is 0 Å². The molecule has 2 N–H and O–H groups in total. The van der Waals surface area contributed by atoms with Gasteiger partial charge in [0.2, 0.25) is 0 Å². The highest BCUT2D eigenvalue weighted by Crippen LogP contribution is 2.27. The molecule has 0 unspecified atom stereocenters. The van der Waals surface area contributed by atoms with Crippen molar-refractivity contribution in [1.82, 2.24) is 0 Å². The quantitative estimate of drug-likeness (QED) is 0.911. The van der Waals surface area contributed by atoms with Crippen LogP contribution in [0.3, 0.4) is 0 Å². The standard InChI is InChI=1S/C15H15BrFNO/c16-13-9-11(7-8-18)5-6-15(13)19-10-12-3-1-2-4-14(12)17/h1-6,9H,7-8,10,18H2. The summed E-state index contributed by atoms with van der Waals surface area (Å²) in [5, 5.41) is 0. The minimum absolute atomic E-state index is 0.210. The SMILES string of the molecule is NCCc1ccc(OCc2ccccc2F)c(Br)c1. The van der Waals surface area contributed by atoms with Crippen LogP contribution in [0.5, 0.6) is 5.75 Å². The molecule has 0 spiro atoms. The van der Waals surface area contributed by atoms with Gasteiger partial charge in [0.25, 0.3) is 0 Å². The molecule has 0 radical (unpaired) electrons. The Morgan fingerprint density at radius 2 is 1.95 bits per heavy atom. The topological polar surface area (TPSA) is 35.2 Å². The summed E-state index contributed by atoms with van der Waals surface area (Å²) in [6.07, 6.45) is 0.826. The molecular formula is C15H15BrFNO. The van der Waals surface area contributed by atoms with Crippen LogP contribution in [0, 0.1) is 5.82 Å². The maximum absolute atomic E-state index is 13.5. The highest BCUT2D eigenvalue weighted by atomic mass is 79.9. The zero-order chi connectivity index (χ0) is 13.7. The minimum Gasteiger partial charge on any atom is -0.488 e. The van der Waals surface area contributed by atoms with Crippen LogP contribution in [0.15, 0.2) is 46.9 Å². The summed E-state index contributed by atoms with van der Waals surface area (Å²) in [4.78, 5) is 0. The van der Waals surface area contributed by atoms with Crippen LogP contribution in [0.4, 0.5) is 4.39 Å². The van der Waals surface area contributed by atoms with Gasteiger partial charge in [0.1, 0.15) is 18.2 Å². The summed E-state index contributed by atoms with van der Waals surface area (Å²) in [5.74, 6) is 0.447. The number of halogens is 2. The summed E-state index contributed by atoms with van der Waals surface area (Å²) in [5.41, 5.74) is 7.20. The molecule has 2 nitrogen and oxygen atoms in total. The molecule has 19 heavy (non-hydrogen) atoms. The molecule has 0 aliphatic heterocycles. The average molecular weight is 324 g/mol. The van der Waals surface area contributed by atoms with E-state index in [0.717, 1.165) is 16.5 Å². The number of hydrogen-bond acceptors (Lipinski definition) is 2. The van der Waals surface area contributed by atoms with E-state index >= 15 is 0 Å². The van der Waals surface area contributed by atoms with Crippen molar-refractivity contribution < 1.29 is 9.13 Å². The van der Waals surface area contributed by atoms with E-state index in [1.807, 2.05) is 18.2 Å². The Morgan fingerprint density at radius 1 is 1.16 bits per heavy atom. The van der Waals surface area contributed by atoms with Crippen LogP contribution in [-0.4, -0.2) is 6.54 Å². The molecule has 2 aromatic carbocycles. The van der Waals surface area contributed by atoms with E-state index in [4.69, 9.17) is 10.5 Å². The first-order chi connectivity index (χ1) is 9.20. The van der Waals surface area contributed by atoms with Crippen molar-refractivity contribution in [3.05, 3.63) is 63.9 Å². The Labute approximate surface area is 120 Å². The van der Waals surface area contributed by atoms with E-state index in [1.54, 1.807) is 18.2 Å². The van der Waals surface area contributed by atoms with Crippen LogP contribution in [0.1, 0.15) is 11.1 Å². The first-order valence-electron chi connectivity index (χ1n) is 6.05. The normalized spacial score (nSPS) is 10.5. The van der Waals surface area contributed by atoms with E-state index in [-0.39, 0.29) is 12.4 Å². The second-order valence-electron chi connectivity index (χ2n) is 4.18. The van der Waals surface area contributed by atoms with Crippen LogP contribution >= 0.6 is 15.9 Å². The molecule has 4 heteroatoms. The van der Waals surface area contributed by atoms with Gasteiger partial charge in [0, 0.05) is 5.56 Å². The minimum atomic E-state index is -0.252. The molecular weight excluding hydrogens is 309 g/mol. The smallest absolute Gasteiger partial charge is 0.134 e. The highest BCUT2D eigenvalue weighted by Gasteiger charge is 2.05. The van der Waals surface area contributed by atoms with Gasteiger partial charge in [-0.3, -0.25) is 0 Å². The van der Waals surface area contributed by atoms with Crippen molar-refractivity contribution in [3.8, 4) is 5.75 Å². The molecule has 0 aromatic heterocycles. The molecule has 2 aromatic rings. The van der Waals surface area contributed by atoms with Gasteiger partial charge in [-0.2, -0.15) is 0 Å². The Kier molecular flexibility index (Phi) is 4.93. The first kappa shape index (κ1) is 14.0. The van der Waals surface area contributed by atoms with Gasteiger partial charge in [-0.25, -0.2) is 4.39 Å². The van der Waals surface area contributed by atoms with Gasteiger partial charge in [-0.05, 0) is 52.7 Å². The summed E-state index contributed by atoms with van der Waals surface area (Å²) in [6, 6.07) is 12.4. The molecule has 0 heterocycles. The maximum Gasteiger partial charge on any atom is 0.134 e. The molecule has 0 saturated heterocycles. The lowest BCUT2D eigenvalue weighted by atomic mass is 10.1. The Morgan fingerprint density at radius 3 is 2.63 bits per heavy atom. The van der Waals surface area contributed by atoms with Crippen LogP contribution in [-0.2, 0) is 13.0 Å². The fourth-order valence-electron chi connectivity index (χ4n) is 1.75. The lowest BCUT2D eigenvalue weighted by Crippen LogP contribution is -2.03. The lowest BCUT2D eigenvalue weighted by Gasteiger charge is -2.10. The van der Waals surface area contributed by atoms with Crippen molar-refractivity contribution in [1.29, 1.82) is 0 Å². The Hall–Kier alpha value is -1.39. The van der Waals surface area contributed by atoms with Crippen LogP contribution < -0.4 is 10.5 Å². The molecule has 0 aliphatic rings. The van der Waals surface area contributed by atoms with E-state index in [2.05, 4.69) is 15.9 Å². The zero-order valence-electron chi connectivity index (χ0n) is 10.4. The molecule has 2 rings (SSSR count). The summed E-state index contributed by atoms with van der Waals surface area (Å²) in [6.45, 7) is 0.823. The van der Waals surface area contributed by atoms with Gasteiger partial charge >= 0.3 is 0 Å². The maximum atomic E-state index is 13.5. The van der Waals surface area contributed by atoms with Gasteiger partial charge in [-0.1, -0.05) is 24.3 Å². The molecule has 100 valence electrons. The van der Waals surface area contributed by atoms with Crippen molar-refractivity contribution in [2.45, 2.75) is 13.0 Å². The van der Waals surface area contributed by atoms with Crippen molar-refractivity contribution >= 4 is 15.9 Å². The fraction of sp³-hybridized carbons (Fsp3) is 0.200. The number of rotatable bonds is 5. The van der Waals surface area contributed by atoms with Gasteiger partial charge < -0.3 is 10.5 Å². The summed E-state index contributed by atoms with van der Waals surface area (Å²) in [7, 11) is 0. The Balaban J connectivity index is 2.06. The Bertz CT molecular complexity index is 560. The van der Waals surface area contributed by atoms with E-state index in [0.29, 0.717) is 17.9 Å². The third-order valence-electron chi connectivity index (χ3n) is 2.77. The first-order valence-corrected chi connectivity index (χ1v) is 6.84. The fourth-order valence-corrected chi connectivity index (χ4v) is 2.30. The van der Waals surface area contributed by atoms with Gasteiger partial charge in [0.05, 0.1) is 4.47 Å². The van der Waals surface area contributed by atoms with Crippen LogP contribution in [0.25, 0.3) is 0 Å². The highest BCUT2D eigenvalue weighted by molar-refractivity contribution is 9.10. The number of benzene rings is 2. The monoisotopic (exact) mass is 323 g/mol. The average Bonchev–Trinajstić information content (AvgIpc) is 2.40. The third kappa shape index (κ3) is 3.78. The van der Waals surface area contributed by atoms with Crippen molar-refractivity contribution in [2.24, 2.45) is 5.73 Å². The largest absolute Gasteiger partial charge is 0.488 e. The summed E-state index contributed by atoms with van der Waals surface area (Å²) >= 11 is 3.45. The van der Waals surface area contributed by atoms with Crippen LogP contribution in [0.2, 0.25) is 0 Å². The second-order valence-corrected chi connectivity index (χ2v) is 5.04. The van der Waals surface area contributed by atoms with Gasteiger partial charge in [0.15, 0.2) is 0 Å². The second kappa shape index (κ2) is 6.68. The predicted octanol–water partition coefficient (Wildman–Crippen LogP) is 3.67. The molecule has 0 aliphatic carbocycles. The molecule has 0 fully saturated rings. The number of hydrogen-bond donors (Lipinski definition) is 1. The van der Waals surface area contributed by atoms with E-state index in [1.165, 1.54) is 6.07 Å². The molecule has 0 bridgehead atoms.